The molecule has 0 aliphatic carbocycles. The number of carbonyl (C=O) groups excluding carboxylic acids is 3. The highest BCUT2D eigenvalue weighted by molar-refractivity contribution is 6.30. The molecular weight excluding hydrogens is 424 g/mol. The summed E-state index contributed by atoms with van der Waals surface area (Å²) in [4.78, 5) is 40.3. The number of hydrogen-bond acceptors (Lipinski definition) is 3. The molecule has 1 aliphatic heterocycles. The third-order valence-electron chi connectivity index (χ3n) is 6.01. The molecule has 2 aromatic rings. The Balaban J connectivity index is 1.73. The molecule has 1 unspecified atom stereocenters. The molecule has 3 rings (SSSR count). The second-order valence-corrected chi connectivity index (χ2v) is 9.28. The molecule has 32 heavy (non-hydrogen) atoms. The van der Waals surface area contributed by atoms with Crippen molar-refractivity contribution < 1.29 is 14.4 Å². The Kier molecular flexibility index (Phi) is 8.08. The lowest BCUT2D eigenvalue weighted by Crippen LogP contribution is -2.47. The van der Waals surface area contributed by atoms with E-state index in [2.05, 4.69) is 5.32 Å². The normalized spacial score (nSPS) is 16.8. The van der Waals surface area contributed by atoms with Crippen molar-refractivity contribution in [2.24, 2.45) is 11.8 Å². The van der Waals surface area contributed by atoms with Gasteiger partial charge in [0.15, 0.2) is 5.78 Å². The van der Waals surface area contributed by atoms with E-state index in [1.54, 1.807) is 11.9 Å². The molecule has 1 fully saturated rings. The van der Waals surface area contributed by atoms with Crippen LogP contribution in [0, 0.1) is 11.8 Å². The number of rotatable bonds is 8. The van der Waals surface area contributed by atoms with E-state index in [4.69, 9.17) is 11.6 Å². The van der Waals surface area contributed by atoms with Crippen LogP contribution in [0.15, 0.2) is 48.5 Å². The third-order valence-corrected chi connectivity index (χ3v) is 6.26. The van der Waals surface area contributed by atoms with Gasteiger partial charge >= 0.3 is 0 Å². The van der Waals surface area contributed by atoms with Crippen LogP contribution in [0.2, 0.25) is 5.02 Å². The minimum absolute atomic E-state index is 0.0534. The Bertz CT molecular complexity index is 954. The first-order valence-corrected chi connectivity index (χ1v) is 11.6. The lowest BCUT2D eigenvalue weighted by Gasteiger charge is -2.28. The van der Waals surface area contributed by atoms with Crippen LogP contribution in [-0.2, 0) is 9.59 Å². The van der Waals surface area contributed by atoms with Crippen LogP contribution in [0.4, 0.5) is 0 Å². The molecule has 2 aromatic carbocycles. The predicted molar refractivity (Wildman–Crippen MR) is 128 cm³/mol. The molecule has 170 valence electrons. The number of carbonyl (C=O) groups is 3. The number of likely N-dealkylation sites (tertiary alicyclic amines) is 1. The van der Waals surface area contributed by atoms with E-state index < -0.39 is 12.0 Å². The van der Waals surface area contributed by atoms with Gasteiger partial charge < -0.3 is 10.2 Å². The van der Waals surface area contributed by atoms with Crippen LogP contribution in [0.3, 0.4) is 0 Å². The number of Topliss-reactive ketones (excluding diaryl/α,β-unsaturated/α-hetero) is 1. The van der Waals surface area contributed by atoms with E-state index in [9.17, 15) is 14.4 Å². The Morgan fingerprint density at radius 3 is 2.19 bits per heavy atom. The number of halogens is 1. The van der Waals surface area contributed by atoms with Gasteiger partial charge in [-0.25, -0.2) is 0 Å². The van der Waals surface area contributed by atoms with Gasteiger partial charge in [-0.05, 0) is 48.4 Å². The van der Waals surface area contributed by atoms with Gasteiger partial charge in [-0.2, -0.15) is 0 Å². The summed E-state index contributed by atoms with van der Waals surface area (Å²) >= 11 is 5.96. The van der Waals surface area contributed by atoms with Crippen molar-refractivity contribution in [2.75, 3.05) is 13.6 Å². The maximum absolute atomic E-state index is 13.3. The first-order chi connectivity index (χ1) is 15.3. The van der Waals surface area contributed by atoms with Crippen molar-refractivity contribution in [3.8, 4) is 11.1 Å². The molecule has 1 saturated heterocycles. The van der Waals surface area contributed by atoms with Crippen LogP contribution in [0.1, 0.15) is 49.9 Å². The Hall–Kier alpha value is -2.66. The zero-order valence-corrected chi connectivity index (χ0v) is 19.7. The number of nitrogens with one attached hydrogen (secondary N) is 1. The highest BCUT2D eigenvalue weighted by atomic mass is 35.5. The molecule has 2 atom stereocenters. The molecule has 0 bridgehead atoms. The first-order valence-electron chi connectivity index (χ1n) is 11.2. The molecule has 6 heteroatoms. The van der Waals surface area contributed by atoms with Crippen molar-refractivity contribution in [3.63, 3.8) is 0 Å². The molecule has 0 spiro atoms. The smallest absolute Gasteiger partial charge is 0.242 e. The number of amides is 2. The topological polar surface area (TPSA) is 66.5 Å². The van der Waals surface area contributed by atoms with Crippen LogP contribution < -0.4 is 5.32 Å². The van der Waals surface area contributed by atoms with E-state index in [1.165, 1.54) is 0 Å². The summed E-state index contributed by atoms with van der Waals surface area (Å²) in [6.45, 7) is 4.66. The fraction of sp³-hybridized carbons (Fsp3) is 0.423. The SMILES string of the molecule is CNC(=O)[C@@H]1CCCN1C(=O)C(CC(=O)c1ccc(-c2ccc(Cl)cc2)cc1)CC(C)C. The van der Waals surface area contributed by atoms with Crippen LogP contribution in [-0.4, -0.2) is 42.1 Å². The van der Waals surface area contributed by atoms with Gasteiger partial charge in [-0.3, -0.25) is 14.4 Å². The Morgan fingerprint density at radius 1 is 1.03 bits per heavy atom. The molecule has 0 saturated carbocycles. The van der Waals surface area contributed by atoms with Crippen molar-refractivity contribution in [1.29, 1.82) is 0 Å². The number of likely N-dealkylation sites (N-methyl/N-ethyl adjacent to an activating group) is 1. The van der Waals surface area contributed by atoms with Crippen LogP contribution >= 0.6 is 11.6 Å². The number of ketones is 1. The van der Waals surface area contributed by atoms with Gasteiger partial charge in [0.1, 0.15) is 6.04 Å². The van der Waals surface area contributed by atoms with Gasteiger partial charge in [0, 0.05) is 36.5 Å². The second kappa shape index (κ2) is 10.8. The molecular formula is C26H31ClN2O3. The average Bonchev–Trinajstić information content (AvgIpc) is 3.28. The zero-order valence-electron chi connectivity index (χ0n) is 18.9. The van der Waals surface area contributed by atoms with Gasteiger partial charge in [0.05, 0.1) is 0 Å². The van der Waals surface area contributed by atoms with Gasteiger partial charge in [0.25, 0.3) is 0 Å². The van der Waals surface area contributed by atoms with Crippen LogP contribution in [0.25, 0.3) is 11.1 Å². The summed E-state index contributed by atoms with van der Waals surface area (Å²) < 4.78 is 0. The van der Waals surface area contributed by atoms with Gasteiger partial charge in [0.2, 0.25) is 11.8 Å². The fourth-order valence-corrected chi connectivity index (χ4v) is 4.50. The van der Waals surface area contributed by atoms with Gasteiger partial charge in [-0.1, -0.05) is 61.8 Å². The maximum atomic E-state index is 13.3. The van der Waals surface area contributed by atoms with E-state index >= 15 is 0 Å². The zero-order chi connectivity index (χ0) is 23.3. The molecule has 0 radical (unpaired) electrons. The average molecular weight is 455 g/mol. The standard InChI is InChI=1S/C26H31ClN2O3/c1-17(2)15-21(26(32)29-14-4-5-23(29)25(31)28-3)16-24(30)20-8-6-18(7-9-20)19-10-12-22(27)13-11-19/h6-13,17,21,23H,4-5,14-16H2,1-3H3,(H,28,31)/t21?,23-/m0/s1. The van der Waals surface area contributed by atoms with Crippen molar-refractivity contribution in [3.05, 3.63) is 59.1 Å². The highest BCUT2D eigenvalue weighted by Crippen LogP contribution is 2.27. The molecule has 1 N–H and O–H groups in total. The predicted octanol–water partition coefficient (Wildman–Crippen LogP) is 4.98. The third kappa shape index (κ3) is 5.77. The lowest BCUT2D eigenvalue weighted by molar-refractivity contribution is -0.141. The summed E-state index contributed by atoms with van der Waals surface area (Å²) in [6, 6.07) is 14.6. The Morgan fingerprint density at radius 2 is 1.62 bits per heavy atom. The Labute approximate surface area is 195 Å². The van der Waals surface area contributed by atoms with Crippen molar-refractivity contribution >= 4 is 29.2 Å². The summed E-state index contributed by atoms with van der Waals surface area (Å²) in [5, 5.41) is 3.33. The van der Waals surface area contributed by atoms with E-state index in [-0.39, 0.29) is 29.9 Å². The quantitative estimate of drug-likeness (QED) is 0.572. The van der Waals surface area contributed by atoms with E-state index in [0.29, 0.717) is 30.0 Å². The maximum Gasteiger partial charge on any atom is 0.242 e. The number of nitrogens with zero attached hydrogens (tertiary/aromatic N) is 1. The minimum atomic E-state index is -0.434. The molecule has 1 aliphatic rings. The molecule has 2 amide bonds. The minimum Gasteiger partial charge on any atom is -0.357 e. The number of benzene rings is 2. The first kappa shape index (κ1) is 24.0. The summed E-state index contributed by atoms with van der Waals surface area (Å²) in [5.41, 5.74) is 2.61. The summed E-state index contributed by atoms with van der Waals surface area (Å²) in [5.74, 6) is -0.435. The molecule has 1 heterocycles. The summed E-state index contributed by atoms with van der Waals surface area (Å²) in [7, 11) is 1.59. The largest absolute Gasteiger partial charge is 0.357 e. The molecule has 5 nitrogen and oxygen atoms in total. The van der Waals surface area contributed by atoms with Gasteiger partial charge in [-0.15, -0.1) is 0 Å². The monoisotopic (exact) mass is 454 g/mol. The van der Waals surface area contributed by atoms with Crippen LogP contribution in [0.5, 0.6) is 0 Å². The lowest BCUT2D eigenvalue weighted by atomic mass is 9.89. The van der Waals surface area contributed by atoms with Crippen molar-refractivity contribution in [1.82, 2.24) is 10.2 Å². The fourth-order valence-electron chi connectivity index (χ4n) is 4.38. The summed E-state index contributed by atoms with van der Waals surface area (Å²) in [6.07, 6.45) is 2.23. The second-order valence-electron chi connectivity index (χ2n) is 8.84. The molecule has 0 aromatic heterocycles. The van der Waals surface area contributed by atoms with E-state index in [0.717, 1.165) is 17.5 Å². The number of hydrogen-bond donors (Lipinski definition) is 1. The van der Waals surface area contributed by atoms with E-state index in [1.807, 2.05) is 62.4 Å². The highest BCUT2D eigenvalue weighted by Gasteiger charge is 2.37. The van der Waals surface area contributed by atoms with Crippen molar-refractivity contribution in [2.45, 2.75) is 45.6 Å².